The molecule has 2 rings (SSSR count). The lowest BCUT2D eigenvalue weighted by Gasteiger charge is -2.33. The fourth-order valence-electron chi connectivity index (χ4n) is 2.00. The van der Waals surface area contributed by atoms with Crippen molar-refractivity contribution >= 4 is 23.2 Å². The SMILES string of the molecule is CC(C)C1CNCC(c2cc(Cl)ccc2Cl)O1. The van der Waals surface area contributed by atoms with Crippen molar-refractivity contribution in [1.82, 2.24) is 5.32 Å². The Morgan fingerprint density at radius 1 is 1.29 bits per heavy atom. The summed E-state index contributed by atoms with van der Waals surface area (Å²) in [6, 6.07) is 5.50. The number of morpholine rings is 1. The first-order chi connectivity index (χ1) is 8.08. The van der Waals surface area contributed by atoms with E-state index < -0.39 is 0 Å². The van der Waals surface area contributed by atoms with Crippen LogP contribution in [0.2, 0.25) is 10.0 Å². The monoisotopic (exact) mass is 273 g/mol. The van der Waals surface area contributed by atoms with E-state index in [0.717, 1.165) is 18.7 Å². The maximum Gasteiger partial charge on any atom is 0.0968 e. The first kappa shape index (κ1) is 13.2. The minimum absolute atomic E-state index is 0.0117. The third kappa shape index (κ3) is 3.14. The van der Waals surface area contributed by atoms with Gasteiger partial charge in [-0.25, -0.2) is 0 Å². The predicted octanol–water partition coefficient (Wildman–Crippen LogP) is 3.68. The Labute approximate surface area is 112 Å². The third-order valence-corrected chi connectivity index (χ3v) is 3.64. The molecule has 0 bridgehead atoms. The zero-order chi connectivity index (χ0) is 12.4. The van der Waals surface area contributed by atoms with E-state index in [1.54, 1.807) is 6.07 Å². The second kappa shape index (κ2) is 5.57. The molecule has 1 aliphatic rings. The molecule has 1 N–H and O–H groups in total. The second-order valence-corrected chi connectivity index (χ2v) is 5.57. The average Bonchev–Trinajstić information content (AvgIpc) is 2.32. The molecule has 1 aliphatic heterocycles. The molecule has 0 aromatic heterocycles. The summed E-state index contributed by atoms with van der Waals surface area (Å²) in [4.78, 5) is 0. The van der Waals surface area contributed by atoms with Gasteiger partial charge in [-0.3, -0.25) is 0 Å². The molecule has 2 nitrogen and oxygen atoms in total. The van der Waals surface area contributed by atoms with Gasteiger partial charge in [0.15, 0.2) is 0 Å². The Morgan fingerprint density at radius 2 is 2.06 bits per heavy atom. The Balaban J connectivity index is 2.18. The highest BCUT2D eigenvalue weighted by Crippen LogP contribution is 2.31. The molecular weight excluding hydrogens is 257 g/mol. The minimum Gasteiger partial charge on any atom is -0.367 e. The molecule has 2 atom stereocenters. The molecular formula is C13H17Cl2NO. The smallest absolute Gasteiger partial charge is 0.0968 e. The van der Waals surface area contributed by atoms with Crippen LogP contribution in [0.15, 0.2) is 18.2 Å². The Bertz CT molecular complexity index is 395. The van der Waals surface area contributed by atoms with E-state index in [2.05, 4.69) is 19.2 Å². The van der Waals surface area contributed by atoms with Crippen LogP contribution in [0.4, 0.5) is 0 Å². The predicted molar refractivity (Wildman–Crippen MR) is 71.8 cm³/mol. The summed E-state index contributed by atoms with van der Waals surface area (Å²) in [5, 5.41) is 4.79. The minimum atomic E-state index is -0.0117. The van der Waals surface area contributed by atoms with Crippen molar-refractivity contribution in [3.63, 3.8) is 0 Å². The molecule has 2 unspecified atom stereocenters. The number of nitrogens with one attached hydrogen (secondary N) is 1. The van der Waals surface area contributed by atoms with E-state index in [-0.39, 0.29) is 12.2 Å². The van der Waals surface area contributed by atoms with Crippen molar-refractivity contribution in [3.05, 3.63) is 33.8 Å². The molecule has 0 aliphatic carbocycles. The van der Waals surface area contributed by atoms with Gasteiger partial charge in [-0.1, -0.05) is 37.0 Å². The molecule has 94 valence electrons. The Hall–Kier alpha value is -0.280. The number of hydrogen-bond donors (Lipinski definition) is 1. The van der Waals surface area contributed by atoms with Gasteiger partial charge in [0.2, 0.25) is 0 Å². The van der Waals surface area contributed by atoms with Crippen LogP contribution in [0.1, 0.15) is 25.5 Å². The number of halogens is 2. The lowest BCUT2D eigenvalue weighted by molar-refractivity contribution is -0.0602. The van der Waals surface area contributed by atoms with E-state index in [9.17, 15) is 0 Å². The molecule has 0 amide bonds. The lowest BCUT2D eigenvalue weighted by Crippen LogP contribution is -2.43. The van der Waals surface area contributed by atoms with Gasteiger partial charge in [-0.2, -0.15) is 0 Å². The molecule has 0 saturated carbocycles. The first-order valence-corrected chi connectivity index (χ1v) is 6.64. The van der Waals surface area contributed by atoms with Crippen LogP contribution >= 0.6 is 23.2 Å². The van der Waals surface area contributed by atoms with Gasteiger partial charge in [-0.05, 0) is 24.1 Å². The normalized spacial score (nSPS) is 25.2. The van der Waals surface area contributed by atoms with Gasteiger partial charge in [-0.15, -0.1) is 0 Å². The fraction of sp³-hybridized carbons (Fsp3) is 0.538. The van der Waals surface area contributed by atoms with Crippen LogP contribution in [0.5, 0.6) is 0 Å². The zero-order valence-corrected chi connectivity index (χ0v) is 11.6. The molecule has 1 heterocycles. The summed E-state index contributed by atoms with van der Waals surface area (Å²) in [7, 11) is 0. The number of rotatable bonds is 2. The van der Waals surface area contributed by atoms with Gasteiger partial charge < -0.3 is 10.1 Å². The van der Waals surface area contributed by atoms with Crippen LogP contribution in [0, 0.1) is 5.92 Å². The largest absolute Gasteiger partial charge is 0.367 e. The number of benzene rings is 1. The molecule has 0 radical (unpaired) electrons. The summed E-state index contributed by atoms with van der Waals surface area (Å²) in [6.07, 6.45) is 0.214. The molecule has 1 fully saturated rings. The van der Waals surface area contributed by atoms with Crippen molar-refractivity contribution in [2.24, 2.45) is 5.92 Å². The van der Waals surface area contributed by atoms with Gasteiger partial charge in [0.1, 0.15) is 0 Å². The molecule has 17 heavy (non-hydrogen) atoms. The topological polar surface area (TPSA) is 21.3 Å². The number of hydrogen-bond acceptors (Lipinski definition) is 2. The van der Waals surface area contributed by atoms with Crippen molar-refractivity contribution in [1.29, 1.82) is 0 Å². The quantitative estimate of drug-likeness (QED) is 0.888. The maximum absolute atomic E-state index is 6.19. The first-order valence-electron chi connectivity index (χ1n) is 5.89. The van der Waals surface area contributed by atoms with Crippen LogP contribution in [0.25, 0.3) is 0 Å². The van der Waals surface area contributed by atoms with Crippen LogP contribution < -0.4 is 5.32 Å². The second-order valence-electron chi connectivity index (χ2n) is 4.73. The fourth-order valence-corrected chi connectivity index (χ4v) is 2.42. The van der Waals surface area contributed by atoms with E-state index in [1.807, 2.05) is 12.1 Å². The van der Waals surface area contributed by atoms with Crippen LogP contribution in [-0.4, -0.2) is 19.2 Å². The van der Waals surface area contributed by atoms with Crippen LogP contribution in [-0.2, 0) is 4.74 Å². The van der Waals surface area contributed by atoms with Gasteiger partial charge in [0.05, 0.1) is 12.2 Å². The summed E-state index contributed by atoms with van der Waals surface area (Å²) < 4.78 is 6.06. The molecule has 4 heteroatoms. The Kier molecular flexibility index (Phi) is 4.31. The van der Waals surface area contributed by atoms with Crippen molar-refractivity contribution in [3.8, 4) is 0 Å². The van der Waals surface area contributed by atoms with Gasteiger partial charge in [0, 0.05) is 28.7 Å². The van der Waals surface area contributed by atoms with E-state index in [1.165, 1.54) is 0 Å². The van der Waals surface area contributed by atoms with E-state index in [0.29, 0.717) is 16.0 Å². The highest BCUT2D eigenvalue weighted by molar-refractivity contribution is 6.33. The van der Waals surface area contributed by atoms with Crippen LogP contribution in [0.3, 0.4) is 0 Å². The summed E-state index contributed by atoms with van der Waals surface area (Å²) in [6.45, 7) is 6.00. The van der Waals surface area contributed by atoms with E-state index >= 15 is 0 Å². The van der Waals surface area contributed by atoms with Gasteiger partial charge >= 0.3 is 0 Å². The molecule has 1 saturated heterocycles. The lowest BCUT2D eigenvalue weighted by atomic mass is 10.0. The maximum atomic E-state index is 6.19. The highest BCUT2D eigenvalue weighted by atomic mass is 35.5. The van der Waals surface area contributed by atoms with E-state index in [4.69, 9.17) is 27.9 Å². The van der Waals surface area contributed by atoms with Gasteiger partial charge in [0.25, 0.3) is 0 Å². The molecule has 1 aromatic rings. The number of ether oxygens (including phenoxy) is 1. The molecule has 0 spiro atoms. The third-order valence-electron chi connectivity index (χ3n) is 3.06. The van der Waals surface area contributed by atoms with Crippen molar-refractivity contribution in [2.75, 3.05) is 13.1 Å². The zero-order valence-electron chi connectivity index (χ0n) is 10.0. The van der Waals surface area contributed by atoms with Crippen molar-refractivity contribution < 1.29 is 4.74 Å². The average molecular weight is 274 g/mol. The molecule has 1 aromatic carbocycles. The standard InChI is InChI=1S/C13H17Cl2NO/c1-8(2)12-6-16-7-13(17-12)10-5-9(14)3-4-11(10)15/h3-5,8,12-13,16H,6-7H2,1-2H3. The summed E-state index contributed by atoms with van der Waals surface area (Å²) >= 11 is 12.2. The van der Waals surface area contributed by atoms with Crippen molar-refractivity contribution in [2.45, 2.75) is 26.1 Å². The Morgan fingerprint density at radius 3 is 2.76 bits per heavy atom. The highest BCUT2D eigenvalue weighted by Gasteiger charge is 2.26. The summed E-state index contributed by atoms with van der Waals surface area (Å²) in [5.74, 6) is 0.489. The summed E-state index contributed by atoms with van der Waals surface area (Å²) in [5.41, 5.74) is 0.969.